The Labute approximate surface area is 139 Å². The van der Waals surface area contributed by atoms with Gasteiger partial charge in [0.2, 0.25) is 0 Å². The fourth-order valence-corrected chi connectivity index (χ4v) is 2.31. The molecule has 0 spiro atoms. The summed E-state index contributed by atoms with van der Waals surface area (Å²) in [5, 5.41) is 0.707. The van der Waals surface area contributed by atoms with E-state index in [4.69, 9.17) is 11.6 Å². The van der Waals surface area contributed by atoms with Gasteiger partial charge in [-0.15, -0.1) is 0 Å². The number of allylic oxidation sites excluding steroid dienone is 1. The molecule has 21 heavy (non-hydrogen) atoms. The topological polar surface area (TPSA) is 21.5 Å². The van der Waals surface area contributed by atoms with Gasteiger partial charge >= 0.3 is 0 Å². The van der Waals surface area contributed by atoms with Gasteiger partial charge in [0.1, 0.15) is 0 Å². The summed E-state index contributed by atoms with van der Waals surface area (Å²) < 4.78 is 0. The average Bonchev–Trinajstić information content (AvgIpc) is 2.43. The Morgan fingerprint density at radius 3 is 2.19 bits per heavy atom. The van der Waals surface area contributed by atoms with E-state index >= 15 is 0 Å². The van der Waals surface area contributed by atoms with Crippen molar-refractivity contribution in [2.45, 2.75) is 27.7 Å². The first-order valence-corrected chi connectivity index (χ1v) is 7.58. The standard InChI is InChI=1S/C17H24ClNO.ClH/c1-5-19(6-2)13-17(3,4)16(20)12-9-14-7-10-15(18)11-8-14;/h7-12H,5-6,13H2,1-4H3;1H/b12-9+;. The van der Waals surface area contributed by atoms with E-state index in [1.165, 1.54) is 4.90 Å². The van der Waals surface area contributed by atoms with Crippen molar-refractivity contribution in [2.24, 2.45) is 5.41 Å². The first-order valence-electron chi connectivity index (χ1n) is 7.20. The van der Waals surface area contributed by atoms with E-state index in [0.717, 1.165) is 25.2 Å². The molecule has 0 aliphatic rings. The molecule has 1 N–H and O–H groups in total. The van der Waals surface area contributed by atoms with Crippen molar-refractivity contribution in [2.75, 3.05) is 19.6 Å². The van der Waals surface area contributed by atoms with Crippen LogP contribution < -0.4 is 17.3 Å². The van der Waals surface area contributed by atoms with Crippen molar-refractivity contribution in [1.29, 1.82) is 0 Å². The van der Waals surface area contributed by atoms with E-state index in [-0.39, 0.29) is 23.6 Å². The van der Waals surface area contributed by atoms with Crippen LogP contribution in [0.4, 0.5) is 0 Å². The highest BCUT2D eigenvalue weighted by molar-refractivity contribution is 6.30. The second-order valence-corrected chi connectivity index (χ2v) is 6.20. The maximum atomic E-state index is 12.3. The smallest absolute Gasteiger partial charge is 0.166 e. The predicted octanol–water partition coefficient (Wildman–Crippen LogP) is -0.123. The zero-order chi connectivity index (χ0) is 15.2. The van der Waals surface area contributed by atoms with Crippen molar-refractivity contribution in [3.63, 3.8) is 0 Å². The molecule has 1 rings (SSSR count). The van der Waals surface area contributed by atoms with Crippen molar-refractivity contribution in [1.82, 2.24) is 0 Å². The molecule has 0 unspecified atom stereocenters. The highest BCUT2D eigenvalue weighted by atomic mass is 35.5. The fraction of sp³-hybridized carbons (Fsp3) is 0.471. The molecule has 0 aliphatic heterocycles. The van der Waals surface area contributed by atoms with Gasteiger partial charge in [0, 0.05) is 5.02 Å². The summed E-state index contributed by atoms with van der Waals surface area (Å²) in [6, 6.07) is 7.48. The summed E-state index contributed by atoms with van der Waals surface area (Å²) in [7, 11) is 0. The van der Waals surface area contributed by atoms with E-state index in [9.17, 15) is 4.79 Å². The number of quaternary nitrogens is 1. The second-order valence-electron chi connectivity index (χ2n) is 5.77. The van der Waals surface area contributed by atoms with Gasteiger partial charge in [-0.2, -0.15) is 0 Å². The maximum absolute atomic E-state index is 12.3. The molecular formula is C17H25Cl2NO. The maximum Gasteiger partial charge on any atom is 0.166 e. The van der Waals surface area contributed by atoms with E-state index in [1.807, 2.05) is 44.2 Å². The van der Waals surface area contributed by atoms with E-state index < -0.39 is 0 Å². The van der Waals surface area contributed by atoms with Gasteiger partial charge in [-0.25, -0.2) is 0 Å². The second kappa shape index (κ2) is 9.24. The minimum Gasteiger partial charge on any atom is -1.00 e. The Morgan fingerprint density at radius 2 is 1.71 bits per heavy atom. The third-order valence-corrected chi connectivity index (χ3v) is 3.91. The number of carbonyl (C=O) groups excluding carboxylic acids is 1. The van der Waals surface area contributed by atoms with Crippen LogP contribution in [0.15, 0.2) is 30.3 Å². The quantitative estimate of drug-likeness (QED) is 0.692. The zero-order valence-corrected chi connectivity index (χ0v) is 14.8. The van der Waals surface area contributed by atoms with Gasteiger partial charge in [0.05, 0.1) is 25.0 Å². The van der Waals surface area contributed by atoms with Crippen LogP contribution in [-0.2, 0) is 4.79 Å². The number of hydrogen-bond acceptors (Lipinski definition) is 1. The van der Waals surface area contributed by atoms with Crippen LogP contribution in [0.5, 0.6) is 0 Å². The number of ketones is 1. The van der Waals surface area contributed by atoms with Crippen molar-refractivity contribution in [3.8, 4) is 0 Å². The summed E-state index contributed by atoms with van der Waals surface area (Å²) in [5.74, 6) is 0.173. The number of benzene rings is 1. The molecule has 1 aromatic carbocycles. The molecule has 1 aromatic rings. The lowest BCUT2D eigenvalue weighted by Crippen LogP contribution is -3.12. The van der Waals surface area contributed by atoms with Gasteiger partial charge in [-0.3, -0.25) is 4.79 Å². The van der Waals surface area contributed by atoms with Crippen molar-refractivity contribution >= 4 is 23.5 Å². The summed E-state index contributed by atoms with van der Waals surface area (Å²) in [6.07, 6.45) is 3.55. The fourth-order valence-electron chi connectivity index (χ4n) is 2.18. The lowest BCUT2D eigenvalue weighted by atomic mass is 9.87. The minimum absolute atomic E-state index is 0. The normalized spacial score (nSPS) is 11.7. The van der Waals surface area contributed by atoms with Crippen LogP contribution in [0.25, 0.3) is 6.08 Å². The SMILES string of the molecule is CC[NH+](CC)CC(C)(C)C(=O)/C=C/c1ccc(Cl)cc1.[Cl-]. The molecule has 0 aromatic heterocycles. The number of nitrogens with one attached hydrogen (secondary N) is 1. The highest BCUT2D eigenvalue weighted by Gasteiger charge is 2.29. The Morgan fingerprint density at radius 1 is 1.19 bits per heavy atom. The molecule has 0 radical (unpaired) electrons. The van der Waals surface area contributed by atoms with Crippen LogP contribution in [0.2, 0.25) is 5.02 Å². The monoisotopic (exact) mass is 329 g/mol. The average molecular weight is 330 g/mol. The van der Waals surface area contributed by atoms with Crippen LogP contribution in [0.3, 0.4) is 0 Å². The van der Waals surface area contributed by atoms with Crippen LogP contribution in [-0.4, -0.2) is 25.4 Å². The summed E-state index contributed by atoms with van der Waals surface area (Å²) >= 11 is 5.84. The Hall–Kier alpha value is -0.830. The zero-order valence-electron chi connectivity index (χ0n) is 13.2. The number of rotatable bonds is 7. The third kappa shape index (κ3) is 6.64. The van der Waals surface area contributed by atoms with Gasteiger partial charge in [-0.1, -0.05) is 29.8 Å². The molecule has 0 atom stereocenters. The minimum atomic E-state index is -0.329. The predicted molar refractivity (Wildman–Crippen MR) is 86.2 cm³/mol. The van der Waals surface area contributed by atoms with Gasteiger partial charge in [0.15, 0.2) is 5.78 Å². The lowest BCUT2D eigenvalue weighted by molar-refractivity contribution is -0.901. The van der Waals surface area contributed by atoms with Crippen LogP contribution in [0.1, 0.15) is 33.3 Å². The number of halogens is 2. The third-order valence-electron chi connectivity index (χ3n) is 3.66. The highest BCUT2D eigenvalue weighted by Crippen LogP contribution is 2.16. The van der Waals surface area contributed by atoms with Crippen LogP contribution >= 0.6 is 11.6 Å². The Bertz CT molecular complexity index is 462. The van der Waals surface area contributed by atoms with Gasteiger partial charge < -0.3 is 17.3 Å². The summed E-state index contributed by atoms with van der Waals surface area (Å²) in [6.45, 7) is 11.3. The molecular weight excluding hydrogens is 305 g/mol. The molecule has 0 aliphatic carbocycles. The number of hydrogen-bond donors (Lipinski definition) is 1. The summed E-state index contributed by atoms with van der Waals surface area (Å²) in [4.78, 5) is 13.8. The van der Waals surface area contributed by atoms with E-state index in [1.54, 1.807) is 6.08 Å². The molecule has 118 valence electrons. The first kappa shape index (κ1) is 20.2. The largest absolute Gasteiger partial charge is 1.00 e. The lowest BCUT2D eigenvalue weighted by Gasteiger charge is -2.26. The van der Waals surface area contributed by atoms with Crippen molar-refractivity contribution in [3.05, 3.63) is 40.9 Å². The van der Waals surface area contributed by atoms with Gasteiger partial charge in [-0.05, 0) is 51.5 Å². The molecule has 0 heterocycles. The number of carbonyl (C=O) groups is 1. The molecule has 0 bridgehead atoms. The van der Waals surface area contributed by atoms with Crippen LogP contribution in [0, 0.1) is 5.41 Å². The molecule has 0 amide bonds. The molecule has 0 saturated carbocycles. The summed E-state index contributed by atoms with van der Waals surface area (Å²) in [5.41, 5.74) is 0.665. The molecule has 4 heteroatoms. The Kier molecular flexibility index (Phi) is 8.88. The van der Waals surface area contributed by atoms with Crippen molar-refractivity contribution < 1.29 is 22.1 Å². The first-order chi connectivity index (χ1) is 9.39. The van der Waals surface area contributed by atoms with Gasteiger partial charge in [0.25, 0.3) is 0 Å². The molecule has 0 saturated heterocycles. The molecule has 2 nitrogen and oxygen atoms in total. The van der Waals surface area contributed by atoms with E-state index in [2.05, 4.69) is 13.8 Å². The Balaban J connectivity index is 0.00000400. The molecule has 0 fully saturated rings. The van der Waals surface area contributed by atoms with E-state index in [0.29, 0.717) is 5.02 Å².